The average molecular weight is 444 g/mol. The Bertz CT molecular complexity index is 1260. The Labute approximate surface area is 191 Å². The summed E-state index contributed by atoms with van der Waals surface area (Å²) in [7, 11) is 3.56. The number of para-hydroxylation sites is 1. The zero-order valence-electron chi connectivity index (χ0n) is 18.6. The molecular formula is C26H25N3O4. The molecule has 7 nitrogen and oxygen atoms in total. The third-order valence-electron chi connectivity index (χ3n) is 5.74. The first-order valence-corrected chi connectivity index (χ1v) is 10.8. The second-order valence-corrected chi connectivity index (χ2v) is 8.19. The van der Waals surface area contributed by atoms with Gasteiger partial charge in [-0.1, -0.05) is 30.3 Å². The lowest BCUT2D eigenvalue weighted by atomic mass is 10.1. The topological polar surface area (TPSA) is 71.4 Å². The first-order valence-electron chi connectivity index (χ1n) is 10.8. The SMILES string of the molecule is COc1cccc(CN(C)CC(=O)N2N=C(c3cc4ccccc4o3)CC2c2ccco2)c1. The number of ether oxygens (including phenoxy) is 1. The first kappa shape index (κ1) is 21.0. The molecule has 0 saturated carbocycles. The van der Waals surface area contributed by atoms with Crippen molar-refractivity contribution in [2.24, 2.45) is 5.10 Å². The van der Waals surface area contributed by atoms with Crippen LogP contribution in [0, 0.1) is 0 Å². The van der Waals surface area contributed by atoms with Crippen molar-refractivity contribution in [2.45, 2.75) is 19.0 Å². The molecule has 1 unspecified atom stereocenters. The lowest BCUT2D eigenvalue weighted by molar-refractivity contribution is -0.134. The minimum absolute atomic E-state index is 0.104. The first-order chi connectivity index (χ1) is 16.1. The number of carbonyl (C=O) groups is 1. The van der Waals surface area contributed by atoms with Crippen LogP contribution in [0.5, 0.6) is 5.75 Å². The van der Waals surface area contributed by atoms with E-state index in [1.165, 1.54) is 5.01 Å². The van der Waals surface area contributed by atoms with Crippen LogP contribution in [-0.4, -0.2) is 42.2 Å². The second kappa shape index (κ2) is 8.96. The normalized spacial score (nSPS) is 15.9. The van der Waals surface area contributed by atoms with E-state index in [1.54, 1.807) is 13.4 Å². The number of amides is 1. The molecule has 1 aliphatic heterocycles. The van der Waals surface area contributed by atoms with E-state index in [-0.39, 0.29) is 18.5 Å². The van der Waals surface area contributed by atoms with Crippen LogP contribution in [-0.2, 0) is 11.3 Å². The lowest BCUT2D eigenvalue weighted by Gasteiger charge is -2.23. The molecule has 5 rings (SSSR count). The van der Waals surface area contributed by atoms with Crippen LogP contribution in [0.4, 0.5) is 0 Å². The molecule has 1 atom stereocenters. The van der Waals surface area contributed by atoms with Crippen LogP contribution in [0.2, 0.25) is 0 Å². The molecule has 0 bridgehead atoms. The Hall–Kier alpha value is -3.84. The zero-order valence-corrected chi connectivity index (χ0v) is 18.6. The molecule has 33 heavy (non-hydrogen) atoms. The van der Waals surface area contributed by atoms with Crippen LogP contribution in [0.15, 0.2) is 86.9 Å². The van der Waals surface area contributed by atoms with E-state index in [4.69, 9.17) is 13.6 Å². The monoisotopic (exact) mass is 443 g/mol. The summed E-state index contributed by atoms with van der Waals surface area (Å²) in [5.74, 6) is 2.07. The van der Waals surface area contributed by atoms with Crippen LogP contribution in [0.25, 0.3) is 11.0 Å². The number of rotatable bonds is 7. The molecule has 0 aliphatic carbocycles. The predicted molar refractivity (Wildman–Crippen MR) is 125 cm³/mol. The zero-order chi connectivity index (χ0) is 22.8. The second-order valence-electron chi connectivity index (χ2n) is 8.19. The van der Waals surface area contributed by atoms with Crippen LogP contribution in [0.3, 0.4) is 0 Å². The van der Waals surface area contributed by atoms with Gasteiger partial charge in [-0.25, -0.2) is 5.01 Å². The van der Waals surface area contributed by atoms with Gasteiger partial charge in [0.25, 0.3) is 5.91 Å². The molecular weight excluding hydrogens is 418 g/mol. The molecule has 7 heteroatoms. The number of hydrogen-bond acceptors (Lipinski definition) is 6. The molecule has 168 valence electrons. The summed E-state index contributed by atoms with van der Waals surface area (Å²) < 4.78 is 16.9. The Kier molecular flexibility index (Phi) is 5.71. The Morgan fingerprint density at radius 2 is 2.03 bits per heavy atom. The van der Waals surface area contributed by atoms with Crippen molar-refractivity contribution < 1.29 is 18.4 Å². The van der Waals surface area contributed by atoms with Crippen molar-refractivity contribution in [2.75, 3.05) is 20.7 Å². The van der Waals surface area contributed by atoms with E-state index in [0.717, 1.165) is 28.0 Å². The number of hydrogen-bond donors (Lipinski definition) is 0. The Morgan fingerprint density at radius 1 is 1.15 bits per heavy atom. The number of likely N-dealkylation sites (N-methyl/N-ethyl adjacent to an activating group) is 1. The minimum Gasteiger partial charge on any atom is -0.497 e. The van der Waals surface area contributed by atoms with Gasteiger partial charge in [-0.2, -0.15) is 5.10 Å². The van der Waals surface area contributed by atoms with Crippen LogP contribution >= 0.6 is 0 Å². The maximum absolute atomic E-state index is 13.3. The molecule has 0 spiro atoms. The van der Waals surface area contributed by atoms with Gasteiger partial charge in [-0.3, -0.25) is 9.69 Å². The highest BCUT2D eigenvalue weighted by atomic mass is 16.5. The van der Waals surface area contributed by atoms with Gasteiger partial charge in [0.15, 0.2) is 5.76 Å². The van der Waals surface area contributed by atoms with Crippen molar-refractivity contribution in [3.8, 4) is 5.75 Å². The fourth-order valence-corrected chi connectivity index (χ4v) is 4.16. The summed E-state index contributed by atoms with van der Waals surface area (Å²) in [6.45, 7) is 0.827. The number of fused-ring (bicyclic) bond motifs is 1. The molecule has 1 amide bonds. The molecule has 2 aromatic carbocycles. The van der Waals surface area contributed by atoms with Crippen molar-refractivity contribution in [1.82, 2.24) is 9.91 Å². The number of methoxy groups -OCH3 is 1. The molecule has 0 fully saturated rings. The molecule has 2 aromatic heterocycles. The molecule has 0 N–H and O–H groups in total. The van der Waals surface area contributed by atoms with Crippen LogP contribution in [0.1, 0.15) is 29.5 Å². The highest BCUT2D eigenvalue weighted by Gasteiger charge is 2.36. The number of hydrazone groups is 1. The van der Waals surface area contributed by atoms with E-state index in [0.29, 0.717) is 24.5 Å². The molecule has 0 radical (unpaired) electrons. The fourth-order valence-electron chi connectivity index (χ4n) is 4.16. The maximum Gasteiger partial charge on any atom is 0.257 e. The van der Waals surface area contributed by atoms with Crippen molar-refractivity contribution in [1.29, 1.82) is 0 Å². The third kappa shape index (κ3) is 4.40. The van der Waals surface area contributed by atoms with Gasteiger partial charge < -0.3 is 13.6 Å². The van der Waals surface area contributed by atoms with E-state index < -0.39 is 0 Å². The van der Waals surface area contributed by atoms with E-state index >= 15 is 0 Å². The van der Waals surface area contributed by atoms with Crippen LogP contribution < -0.4 is 4.74 Å². The molecule has 0 saturated heterocycles. The predicted octanol–water partition coefficient (Wildman–Crippen LogP) is 4.84. The van der Waals surface area contributed by atoms with Crippen molar-refractivity contribution in [3.63, 3.8) is 0 Å². The highest BCUT2D eigenvalue weighted by molar-refractivity contribution is 6.03. The summed E-state index contributed by atoms with van der Waals surface area (Å²) in [6.07, 6.45) is 2.14. The van der Waals surface area contributed by atoms with Gasteiger partial charge in [0.2, 0.25) is 0 Å². The number of nitrogens with zero attached hydrogens (tertiary/aromatic N) is 3. The molecule has 3 heterocycles. The lowest BCUT2D eigenvalue weighted by Crippen LogP contribution is -2.36. The third-order valence-corrected chi connectivity index (χ3v) is 5.74. The Morgan fingerprint density at radius 3 is 2.82 bits per heavy atom. The smallest absolute Gasteiger partial charge is 0.257 e. The minimum atomic E-state index is -0.305. The van der Waals surface area contributed by atoms with Gasteiger partial charge in [0.05, 0.1) is 19.9 Å². The van der Waals surface area contributed by atoms with Gasteiger partial charge >= 0.3 is 0 Å². The van der Waals surface area contributed by atoms with Gasteiger partial charge in [-0.15, -0.1) is 0 Å². The summed E-state index contributed by atoms with van der Waals surface area (Å²) >= 11 is 0. The van der Waals surface area contributed by atoms with Crippen molar-refractivity contribution in [3.05, 3.63) is 90.1 Å². The largest absolute Gasteiger partial charge is 0.497 e. The van der Waals surface area contributed by atoms with E-state index in [9.17, 15) is 4.79 Å². The number of carbonyl (C=O) groups excluding carboxylic acids is 1. The summed E-state index contributed by atoms with van der Waals surface area (Å²) in [5, 5.41) is 7.22. The summed E-state index contributed by atoms with van der Waals surface area (Å²) in [5.41, 5.74) is 2.60. The quantitative estimate of drug-likeness (QED) is 0.409. The van der Waals surface area contributed by atoms with Gasteiger partial charge in [0, 0.05) is 18.4 Å². The van der Waals surface area contributed by atoms with Gasteiger partial charge in [0.1, 0.15) is 28.8 Å². The standard InChI is InChI=1S/C26H25N3O4/c1-28(16-18-7-5-9-20(13-18)31-2)17-26(30)29-22(24-11-6-12-32-24)15-21(27-29)25-14-19-8-3-4-10-23(19)33-25/h3-14,22H,15-17H2,1-2H3. The molecule has 4 aromatic rings. The van der Waals surface area contributed by atoms with E-state index in [2.05, 4.69) is 5.10 Å². The summed E-state index contributed by atoms with van der Waals surface area (Å²) in [6, 6.07) is 21.0. The Balaban J connectivity index is 1.36. The highest BCUT2D eigenvalue weighted by Crippen LogP contribution is 2.34. The van der Waals surface area contributed by atoms with E-state index in [1.807, 2.05) is 78.7 Å². The number of furan rings is 2. The van der Waals surface area contributed by atoms with Crippen molar-refractivity contribution >= 4 is 22.6 Å². The summed E-state index contributed by atoms with van der Waals surface area (Å²) in [4.78, 5) is 15.3. The fraction of sp³-hybridized carbons (Fsp3) is 0.231. The molecule has 1 aliphatic rings. The maximum atomic E-state index is 13.3. The number of benzene rings is 2. The average Bonchev–Trinajstić information content (AvgIpc) is 3.57. The van der Waals surface area contributed by atoms with Gasteiger partial charge in [-0.05, 0) is 49.0 Å².